The van der Waals surface area contributed by atoms with Crippen molar-refractivity contribution in [3.8, 4) is 0 Å². The van der Waals surface area contributed by atoms with Gasteiger partial charge in [0.15, 0.2) is 0 Å². The van der Waals surface area contributed by atoms with Crippen LogP contribution in [0.25, 0.3) is 0 Å². The van der Waals surface area contributed by atoms with Crippen molar-refractivity contribution in [3.05, 3.63) is 27.4 Å². The molecule has 0 fully saturated rings. The van der Waals surface area contributed by atoms with Gasteiger partial charge in [0, 0.05) is 18.3 Å². The first-order valence-corrected chi connectivity index (χ1v) is 6.27. The van der Waals surface area contributed by atoms with Crippen molar-refractivity contribution in [3.63, 3.8) is 0 Å². The normalized spacial score (nSPS) is 12.8. The highest BCUT2D eigenvalue weighted by molar-refractivity contribution is 6.30. The van der Waals surface area contributed by atoms with Crippen molar-refractivity contribution in [2.45, 2.75) is 33.2 Å². The minimum Gasteiger partial charge on any atom is -0.481 e. The average molecular weight is 302 g/mol. The summed E-state index contributed by atoms with van der Waals surface area (Å²) < 4.78 is 0. The number of pyridine rings is 1. The molecule has 0 bridgehead atoms. The number of aliphatic carboxylic acids is 1. The number of halogens is 1. The second-order valence-corrected chi connectivity index (χ2v) is 5.88. The van der Waals surface area contributed by atoms with Crippen LogP contribution in [-0.4, -0.2) is 27.0 Å². The first-order chi connectivity index (χ1) is 9.11. The van der Waals surface area contributed by atoms with E-state index in [0.29, 0.717) is 0 Å². The van der Waals surface area contributed by atoms with Gasteiger partial charge >= 0.3 is 11.7 Å². The van der Waals surface area contributed by atoms with Crippen LogP contribution in [0.2, 0.25) is 5.02 Å². The van der Waals surface area contributed by atoms with E-state index in [4.69, 9.17) is 16.7 Å². The summed E-state index contributed by atoms with van der Waals surface area (Å²) in [5, 5.41) is 22.9. The fourth-order valence-electron chi connectivity index (χ4n) is 1.59. The number of hydrogen-bond acceptors (Lipinski definition) is 5. The molecular weight excluding hydrogens is 286 g/mol. The Labute approximate surface area is 121 Å². The first-order valence-electron chi connectivity index (χ1n) is 5.89. The van der Waals surface area contributed by atoms with Gasteiger partial charge in [0.25, 0.3) is 0 Å². The number of nitrogens with zero attached hydrogens (tertiary/aromatic N) is 2. The lowest BCUT2D eigenvalue weighted by Crippen LogP contribution is -2.36. The minimum absolute atomic E-state index is 0.0144. The van der Waals surface area contributed by atoms with Crippen LogP contribution in [0.5, 0.6) is 0 Å². The third kappa shape index (κ3) is 4.34. The van der Waals surface area contributed by atoms with Crippen LogP contribution in [0.1, 0.15) is 27.2 Å². The largest absolute Gasteiger partial charge is 0.481 e. The predicted molar refractivity (Wildman–Crippen MR) is 75.0 cm³/mol. The van der Waals surface area contributed by atoms with Crippen molar-refractivity contribution >= 4 is 29.1 Å². The fourth-order valence-corrected chi connectivity index (χ4v) is 1.74. The average Bonchev–Trinajstić information content (AvgIpc) is 2.28. The van der Waals surface area contributed by atoms with Crippen molar-refractivity contribution < 1.29 is 14.8 Å². The number of anilines is 1. The molecule has 0 aliphatic carbocycles. The molecule has 0 aliphatic rings. The van der Waals surface area contributed by atoms with Crippen molar-refractivity contribution in [2.75, 3.05) is 5.32 Å². The maximum Gasteiger partial charge on any atom is 0.312 e. The van der Waals surface area contributed by atoms with Gasteiger partial charge < -0.3 is 10.4 Å². The molecule has 1 atom stereocenters. The molecular formula is C12H16ClN3O4. The summed E-state index contributed by atoms with van der Waals surface area (Å²) in [7, 11) is 0. The highest BCUT2D eigenvalue weighted by Gasteiger charge is 2.29. The van der Waals surface area contributed by atoms with Gasteiger partial charge in [0.05, 0.1) is 16.4 Å². The Bertz CT molecular complexity index is 528. The van der Waals surface area contributed by atoms with Crippen LogP contribution in [0, 0.1) is 15.5 Å². The van der Waals surface area contributed by atoms with E-state index in [2.05, 4.69) is 10.3 Å². The van der Waals surface area contributed by atoms with Gasteiger partial charge in [-0.15, -0.1) is 0 Å². The number of carbonyl (C=O) groups is 1. The number of nitro groups is 1. The van der Waals surface area contributed by atoms with Gasteiger partial charge in [-0.2, -0.15) is 0 Å². The Hall–Kier alpha value is -1.89. The maximum atomic E-state index is 11.0. The molecule has 0 spiro atoms. The molecule has 0 amide bonds. The molecule has 1 heterocycles. The second kappa shape index (κ2) is 6.04. The highest BCUT2D eigenvalue weighted by Crippen LogP contribution is 2.30. The summed E-state index contributed by atoms with van der Waals surface area (Å²) in [5.74, 6) is -0.977. The lowest BCUT2D eigenvalue weighted by atomic mass is 9.84. The van der Waals surface area contributed by atoms with Crippen molar-refractivity contribution in [2.24, 2.45) is 5.41 Å². The van der Waals surface area contributed by atoms with E-state index in [0.717, 1.165) is 0 Å². The molecule has 8 heteroatoms. The number of rotatable bonds is 5. The van der Waals surface area contributed by atoms with Gasteiger partial charge in [-0.1, -0.05) is 32.4 Å². The zero-order valence-corrected chi connectivity index (χ0v) is 12.1. The van der Waals surface area contributed by atoms with E-state index in [9.17, 15) is 14.9 Å². The Balaban J connectivity index is 3.11. The molecule has 20 heavy (non-hydrogen) atoms. The molecule has 1 aromatic rings. The predicted octanol–water partition coefficient (Wildman–Crippen LogP) is 2.94. The molecule has 7 nitrogen and oxygen atoms in total. The van der Waals surface area contributed by atoms with Crippen LogP contribution >= 0.6 is 11.6 Å². The quantitative estimate of drug-likeness (QED) is 0.640. The SMILES string of the molecule is CC(C)(C)C(CC(=O)O)Nc1ncc(Cl)cc1[N+](=O)[O-]. The number of carboxylic acid groups (broad SMARTS) is 1. The molecule has 110 valence electrons. The second-order valence-electron chi connectivity index (χ2n) is 5.44. The summed E-state index contributed by atoms with van der Waals surface area (Å²) in [6.45, 7) is 5.53. The molecule has 0 aromatic carbocycles. The summed E-state index contributed by atoms with van der Waals surface area (Å²) >= 11 is 5.68. The van der Waals surface area contributed by atoms with Crippen LogP contribution in [-0.2, 0) is 4.79 Å². The van der Waals surface area contributed by atoms with E-state index < -0.39 is 22.3 Å². The monoisotopic (exact) mass is 301 g/mol. The van der Waals surface area contributed by atoms with E-state index >= 15 is 0 Å². The molecule has 1 rings (SSSR count). The lowest BCUT2D eigenvalue weighted by molar-refractivity contribution is -0.384. The van der Waals surface area contributed by atoms with E-state index in [-0.39, 0.29) is 22.9 Å². The van der Waals surface area contributed by atoms with Gasteiger partial charge in [-0.25, -0.2) is 4.98 Å². The Morgan fingerprint density at radius 1 is 1.60 bits per heavy atom. The number of carboxylic acids is 1. The topological polar surface area (TPSA) is 105 Å². The first kappa shape index (κ1) is 16.2. The lowest BCUT2D eigenvalue weighted by Gasteiger charge is -2.30. The van der Waals surface area contributed by atoms with Gasteiger partial charge in [0.1, 0.15) is 0 Å². The zero-order chi connectivity index (χ0) is 15.5. The standard InChI is InChI=1S/C12H16ClN3O4/c1-12(2,3)9(5-10(17)18)15-11-8(16(19)20)4-7(13)6-14-11/h4,6,9H,5H2,1-3H3,(H,14,15)(H,17,18). The zero-order valence-electron chi connectivity index (χ0n) is 11.4. The molecule has 1 unspecified atom stereocenters. The maximum absolute atomic E-state index is 11.0. The van der Waals surface area contributed by atoms with Crippen LogP contribution in [0.15, 0.2) is 12.3 Å². The molecule has 0 saturated heterocycles. The summed E-state index contributed by atoms with van der Waals surface area (Å²) in [4.78, 5) is 25.2. The van der Waals surface area contributed by atoms with E-state index in [1.807, 2.05) is 20.8 Å². The molecule has 0 saturated carbocycles. The molecule has 0 aliphatic heterocycles. The molecule has 2 N–H and O–H groups in total. The van der Waals surface area contributed by atoms with Gasteiger partial charge in [0.2, 0.25) is 5.82 Å². The highest BCUT2D eigenvalue weighted by atomic mass is 35.5. The third-order valence-corrected chi connectivity index (χ3v) is 2.97. The minimum atomic E-state index is -0.992. The Morgan fingerprint density at radius 3 is 2.65 bits per heavy atom. The summed E-state index contributed by atoms with van der Waals surface area (Å²) in [6, 6.07) is 0.671. The number of hydrogen-bond donors (Lipinski definition) is 2. The number of aromatic nitrogens is 1. The summed E-state index contributed by atoms with van der Waals surface area (Å²) in [6.07, 6.45) is 1.10. The van der Waals surface area contributed by atoms with Crippen molar-refractivity contribution in [1.29, 1.82) is 0 Å². The fraction of sp³-hybridized carbons (Fsp3) is 0.500. The smallest absolute Gasteiger partial charge is 0.312 e. The Kier molecular flexibility index (Phi) is 4.88. The van der Waals surface area contributed by atoms with Gasteiger partial charge in [-0.3, -0.25) is 14.9 Å². The van der Waals surface area contributed by atoms with E-state index in [1.165, 1.54) is 12.3 Å². The van der Waals surface area contributed by atoms with Crippen LogP contribution in [0.4, 0.5) is 11.5 Å². The van der Waals surface area contributed by atoms with Gasteiger partial charge in [-0.05, 0) is 5.41 Å². The van der Waals surface area contributed by atoms with E-state index in [1.54, 1.807) is 0 Å². The molecule has 0 radical (unpaired) electrons. The third-order valence-electron chi connectivity index (χ3n) is 2.77. The van der Waals surface area contributed by atoms with Crippen molar-refractivity contribution in [1.82, 2.24) is 4.98 Å². The number of nitrogens with one attached hydrogen (secondary N) is 1. The molecule has 1 aromatic heterocycles. The summed E-state index contributed by atoms with van der Waals surface area (Å²) in [5.41, 5.74) is -0.690. The Morgan fingerprint density at radius 2 is 2.20 bits per heavy atom. The van der Waals surface area contributed by atoms with Crippen LogP contribution < -0.4 is 5.32 Å². The van der Waals surface area contributed by atoms with Crippen LogP contribution in [0.3, 0.4) is 0 Å².